The number of sulfonamides is 1. The number of amides is 1. The fraction of sp³-hybridized carbons (Fsp3) is 0.350. The van der Waals surface area contributed by atoms with Crippen molar-refractivity contribution in [3.05, 3.63) is 64.5 Å². The summed E-state index contributed by atoms with van der Waals surface area (Å²) in [6, 6.07) is 9.59. The Balaban J connectivity index is 2.06. The molecule has 2 rings (SSSR count). The molecule has 0 saturated heterocycles. The summed E-state index contributed by atoms with van der Waals surface area (Å²) >= 11 is 0. The van der Waals surface area contributed by atoms with Crippen molar-refractivity contribution in [2.45, 2.75) is 27.2 Å². The Bertz CT molecular complexity index is 902. The summed E-state index contributed by atoms with van der Waals surface area (Å²) in [6.45, 7) is 6.03. The summed E-state index contributed by atoms with van der Waals surface area (Å²) in [5, 5.41) is 2.73. The highest BCUT2D eigenvalue weighted by molar-refractivity contribution is 7.92. The molecule has 5 nitrogen and oxygen atoms in total. The van der Waals surface area contributed by atoms with Crippen molar-refractivity contribution in [3.63, 3.8) is 0 Å². The van der Waals surface area contributed by atoms with Gasteiger partial charge in [0.15, 0.2) is 0 Å². The van der Waals surface area contributed by atoms with E-state index in [4.69, 9.17) is 0 Å². The molecule has 0 unspecified atom stereocenters. The maximum atomic E-state index is 12.9. The Labute approximate surface area is 160 Å². The number of benzene rings is 2. The highest BCUT2D eigenvalue weighted by Crippen LogP contribution is 2.27. The molecule has 0 aromatic heterocycles. The van der Waals surface area contributed by atoms with Crippen LogP contribution in [0.25, 0.3) is 0 Å². The van der Waals surface area contributed by atoms with Gasteiger partial charge in [-0.25, -0.2) is 12.8 Å². The molecule has 2 aromatic rings. The molecule has 0 spiro atoms. The van der Waals surface area contributed by atoms with Gasteiger partial charge in [0.2, 0.25) is 15.9 Å². The van der Waals surface area contributed by atoms with Crippen molar-refractivity contribution in [2.75, 3.05) is 23.7 Å². The molecule has 27 heavy (non-hydrogen) atoms. The van der Waals surface area contributed by atoms with Crippen molar-refractivity contribution in [1.82, 2.24) is 5.32 Å². The van der Waals surface area contributed by atoms with E-state index in [1.807, 2.05) is 32.9 Å². The molecule has 0 saturated carbocycles. The smallest absolute Gasteiger partial charge is 0.232 e. The fourth-order valence-corrected chi connectivity index (χ4v) is 4.20. The summed E-state index contributed by atoms with van der Waals surface area (Å²) in [5.74, 6) is -0.598. The van der Waals surface area contributed by atoms with Crippen LogP contribution >= 0.6 is 0 Å². The maximum absolute atomic E-state index is 12.9. The minimum Gasteiger partial charge on any atom is -0.354 e. The Hall–Kier alpha value is -2.41. The average molecular weight is 392 g/mol. The number of carbonyl (C=O) groups excluding carboxylic acids is 1. The van der Waals surface area contributed by atoms with Crippen LogP contribution in [0.3, 0.4) is 0 Å². The first kappa shape index (κ1) is 20.9. The second-order valence-corrected chi connectivity index (χ2v) is 8.64. The fourth-order valence-electron chi connectivity index (χ4n) is 3.16. The van der Waals surface area contributed by atoms with Crippen molar-refractivity contribution < 1.29 is 17.6 Å². The number of nitrogens with zero attached hydrogens (tertiary/aromatic N) is 1. The lowest BCUT2D eigenvalue weighted by molar-refractivity contribution is -0.120. The van der Waals surface area contributed by atoms with E-state index in [2.05, 4.69) is 5.32 Å². The van der Waals surface area contributed by atoms with Crippen LogP contribution in [0.15, 0.2) is 36.4 Å². The second kappa shape index (κ2) is 8.52. The Morgan fingerprint density at radius 2 is 1.63 bits per heavy atom. The van der Waals surface area contributed by atoms with Crippen LogP contribution in [-0.4, -0.2) is 33.7 Å². The van der Waals surface area contributed by atoms with Gasteiger partial charge in [-0.3, -0.25) is 9.10 Å². The lowest BCUT2D eigenvalue weighted by Gasteiger charge is -2.26. The van der Waals surface area contributed by atoms with Gasteiger partial charge >= 0.3 is 0 Å². The summed E-state index contributed by atoms with van der Waals surface area (Å²) in [6.07, 6.45) is 1.27. The minimum absolute atomic E-state index is 0.113. The van der Waals surface area contributed by atoms with Gasteiger partial charge in [0.1, 0.15) is 5.82 Å². The van der Waals surface area contributed by atoms with Gasteiger partial charge in [0.25, 0.3) is 0 Å². The highest BCUT2D eigenvalue weighted by atomic mass is 32.2. The van der Waals surface area contributed by atoms with Gasteiger partial charge in [0.05, 0.1) is 24.9 Å². The van der Waals surface area contributed by atoms with E-state index >= 15 is 0 Å². The van der Waals surface area contributed by atoms with Crippen molar-refractivity contribution >= 4 is 21.6 Å². The molecule has 0 aliphatic rings. The van der Waals surface area contributed by atoms with Crippen LogP contribution < -0.4 is 9.62 Å². The number of nitrogens with one attached hydrogen (secondary N) is 1. The van der Waals surface area contributed by atoms with E-state index in [1.54, 1.807) is 12.1 Å². The van der Waals surface area contributed by atoms with E-state index in [0.29, 0.717) is 11.3 Å². The first-order chi connectivity index (χ1) is 12.6. The van der Waals surface area contributed by atoms with Gasteiger partial charge in [-0.05, 0) is 49.6 Å². The molecule has 146 valence electrons. The topological polar surface area (TPSA) is 66.5 Å². The Kier molecular flexibility index (Phi) is 6.59. The van der Waals surface area contributed by atoms with Crippen LogP contribution in [0.4, 0.5) is 10.1 Å². The molecule has 0 aliphatic heterocycles. The summed E-state index contributed by atoms with van der Waals surface area (Å²) in [5.41, 5.74) is 4.15. The number of hydrogen-bond donors (Lipinski definition) is 1. The predicted octanol–water partition coefficient (Wildman–Crippen LogP) is 2.88. The van der Waals surface area contributed by atoms with Crippen LogP contribution in [-0.2, 0) is 21.2 Å². The molecule has 0 heterocycles. The number of halogens is 1. The third-order valence-corrected chi connectivity index (χ3v) is 5.37. The lowest BCUT2D eigenvalue weighted by Crippen LogP contribution is -2.39. The lowest BCUT2D eigenvalue weighted by atomic mass is 10.1. The first-order valence-corrected chi connectivity index (χ1v) is 10.5. The van der Waals surface area contributed by atoms with E-state index in [-0.39, 0.29) is 31.2 Å². The molecule has 1 amide bonds. The molecular formula is C20H25FN2O3S. The third-order valence-electron chi connectivity index (χ3n) is 4.20. The van der Waals surface area contributed by atoms with Crippen molar-refractivity contribution in [3.8, 4) is 0 Å². The molecule has 1 N–H and O–H groups in total. The van der Waals surface area contributed by atoms with Gasteiger partial charge < -0.3 is 5.32 Å². The maximum Gasteiger partial charge on any atom is 0.232 e. The average Bonchev–Trinajstić information content (AvgIpc) is 2.53. The van der Waals surface area contributed by atoms with E-state index in [1.165, 1.54) is 16.4 Å². The first-order valence-electron chi connectivity index (χ1n) is 8.64. The van der Waals surface area contributed by atoms with Crippen LogP contribution in [0.5, 0.6) is 0 Å². The predicted molar refractivity (Wildman–Crippen MR) is 106 cm³/mol. The highest BCUT2D eigenvalue weighted by Gasteiger charge is 2.21. The molecule has 0 bridgehead atoms. The molecule has 0 radical (unpaired) electrons. The zero-order chi connectivity index (χ0) is 20.2. The molecule has 0 atom stereocenters. The van der Waals surface area contributed by atoms with E-state index < -0.39 is 10.0 Å². The van der Waals surface area contributed by atoms with Crippen LogP contribution in [0, 0.1) is 26.6 Å². The number of aryl methyl sites for hydroxylation is 3. The minimum atomic E-state index is -3.50. The number of carbonyl (C=O) groups is 1. The van der Waals surface area contributed by atoms with Crippen molar-refractivity contribution in [2.24, 2.45) is 0 Å². The molecule has 0 fully saturated rings. The summed E-state index contributed by atoms with van der Waals surface area (Å²) < 4.78 is 38.8. The molecule has 7 heteroatoms. The normalized spacial score (nSPS) is 11.3. The van der Waals surface area contributed by atoms with E-state index in [0.717, 1.165) is 22.9 Å². The Morgan fingerprint density at radius 1 is 1.07 bits per heavy atom. The standard InChI is InChI=1S/C20H25FN2O3S/c1-14-11-15(2)20(16(3)12-14)23(27(4,25)26)10-9-22-19(24)13-17-5-7-18(21)8-6-17/h5-8,11-12H,9-10,13H2,1-4H3,(H,22,24). The van der Waals surface area contributed by atoms with Gasteiger partial charge in [-0.1, -0.05) is 29.8 Å². The van der Waals surface area contributed by atoms with Gasteiger partial charge in [-0.2, -0.15) is 0 Å². The molecule has 2 aromatic carbocycles. The molecule has 0 aliphatic carbocycles. The second-order valence-electron chi connectivity index (χ2n) is 6.74. The zero-order valence-electron chi connectivity index (χ0n) is 16.0. The quantitative estimate of drug-likeness (QED) is 0.788. The van der Waals surface area contributed by atoms with Gasteiger partial charge in [0, 0.05) is 6.54 Å². The summed E-state index contributed by atoms with van der Waals surface area (Å²) in [7, 11) is -3.50. The van der Waals surface area contributed by atoms with Crippen molar-refractivity contribution in [1.29, 1.82) is 0 Å². The Morgan fingerprint density at radius 3 is 2.15 bits per heavy atom. The third kappa shape index (κ3) is 5.79. The SMILES string of the molecule is Cc1cc(C)c(N(CCNC(=O)Cc2ccc(F)cc2)S(C)(=O)=O)c(C)c1. The van der Waals surface area contributed by atoms with Crippen LogP contribution in [0.1, 0.15) is 22.3 Å². The number of hydrogen-bond acceptors (Lipinski definition) is 3. The molecular weight excluding hydrogens is 367 g/mol. The van der Waals surface area contributed by atoms with Gasteiger partial charge in [-0.15, -0.1) is 0 Å². The monoisotopic (exact) mass is 392 g/mol. The van der Waals surface area contributed by atoms with Crippen LogP contribution in [0.2, 0.25) is 0 Å². The zero-order valence-corrected chi connectivity index (χ0v) is 16.9. The van der Waals surface area contributed by atoms with E-state index in [9.17, 15) is 17.6 Å². The number of anilines is 1. The number of rotatable bonds is 7. The largest absolute Gasteiger partial charge is 0.354 e. The summed E-state index contributed by atoms with van der Waals surface area (Å²) in [4.78, 5) is 12.1.